The van der Waals surface area contributed by atoms with Crippen molar-refractivity contribution in [3.63, 3.8) is 0 Å². The van der Waals surface area contributed by atoms with Crippen molar-refractivity contribution in [2.75, 3.05) is 0 Å². The van der Waals surface area contributed by atoms with Crippen molar-refractivity contribution >= 4 is 43.4 Å². The quantitative estimate of drug-likeness (QED) is 0.199. The molecule has 0 N–H and O–H groups in total. The zero-order valence-corrected chi connectivity index (χ0v) is 32.2. The first-order valence-corrected chi connectivity index (χ1v) is 23.7. The van der Waals surface area contributed by atoms with Gasteiger partial charge >= 0.3 is 256 Å². The van der Waals surface area contributed by atoms with Crippen LogP contribution in [-0.2, 0) is 35.5 Å². The molecule has 0 fully saturated rings. The van der Waals surface area contributed by atoms with Gasteiger partial charge in [-0.1, -0.05) is 0 Å². The van der Waals surface area contributed by atoms with Crippen LogP contribution in [-0.4, -0.2) is 4.21 Å². The first kappa shape index (κ1) is 33.3. The zero-order valence-electron chi connectivity index (χ0n) is 28.2. The maximum atomic E-state index is 5.50. The Hall–Kier alpha value is -2.05. The van der Waals surface area contributed by atoms with Gasteiger partial charge in [-0.2, -0.15) is 0 Å². The normalized spacial score (nSPS) is 20.5. The molecule has 0 amide bonds. The molecule has 3 heteroatoms. The fourth-order valence-corrected chi connectivity index (χ4v) is 26.9. The van der Waals surface area contributed by atoms with Crippen molar-refractivity contribution in [3.8, 4) is 11.1 Å². The van der Waals surface area contributed by atoms with Crippen LogP contribution in [0, 0.1) is 12.8 Å². The summed E-state index contributed by atoms with van der Waals surface area (Å²) in [6, 6.07) is 19.6. The number of aryl methyl sites for hydroxylation is 1. The van der Waals surface area contributed by atoms with Gasteiger partial charge in [0.15, 0.2) is 0 Å². The van der Waals surface area contributed by atoms with Crippen LogP contribution < -0.4 is 3.27 Å². The second kappa shape index (κ2) is 10.2. The number of fused-ring (bicyclic) bond motifs is 5. The van der Waals surface area contributed by atoms with Gasteiger partial charge < -0.3 is 0 Å². The molecule has 0 heterocycles. The van der Waals surface area contributed by atoms with Gasteiger partial charge in [-0.3, -0.25) is 0 Å². The van der Waals surface area contributed by atoms with Crippen LogP contribution >= 0.6 is 24.8 Å². The second-order valence-corrected chi connectivity index (χ2v) is 29.6. The summed E-state index contributed by atoms with van der Waals surface area (Å²) >= 11 is -4.26. The molecule has 230 valence electrons. The fourth-order valence-electron chi connectivity index (χ4n) is 9.94. The molecular formula is C41H48Cl2Zr. The summed E-state index contributed by atoms with van der Waals surface area (Å²) in [6.45, 7) is 21.2. The number of hydrogen-bond acceptors (Lipinski definition) is 0. The molecule has 0 saturated carbocycles. The fraction of sp³-hybridized carbons (Fsp3) is 0.341. The molecule has 0 aliphatic heterocycles. The third-order valence-electron chi connectivity index (χ3n) is 11.6. The minimum absolute atomic E-state index is 0. The van der Waals surface area contributed by atoms with E-state index in [0.717, 1.165) is 6.42 Å². The number of hydrogen-bond donors (Lipinski definition) is 0. The number of benzene rings is 3. The Kier molecular flexibility index (Phi) is 7.74. The van der Waals surface area contributed by atoms with E-state index < -0.39 is 18.3 Å². The molecule has 44 heavy (non-hydrogen) atoms. The third-order valence-corrected chi connectivity index (χ3v) is 27.4. The van der Waals surface area contributed by atoms with Gasteiger partial charge in [-0.15, -0.1) is 24.8 Å². The molecule has 0 radical (unpaired) electrons. The molecule has 0 aromatic heterocycles. The van der Waals surface area contributed by atoms with E-state index in [4.69, 9.17) is 4.21 Å². The minimum atomic E-state index is -4.26. The molecule has 4 aliphatic rings. The molecule has 1 atom stereocenters. The maximum absolute atomic E-state index is 5.50. The van der Waals surface area contributed by atoms with Gasteiger partial charge in [0.1, 0.15) is 0 Å². The van der Waals surface area contributed by atoms with Crippen molar-refractivity contribution in [2.45, 2.75) is 84.2 Å². The molecule has 0 nitrogen and oxygen atoms in total. The summed E-state index contributed by atoms with van der Waals surface area (Å²) in [5.41, 5.74) is 17.3. The van der Waals surface area contributed by atoms with Crippen molar-refractivity contribution in [3.05, 3.63) is 118 Å². The summed E-state index contributed by atoms with van der Waals surface area (Å²) in [7, 11) is 0. The number of halogens is 2. The summed E-state index contributed by atoms with van der Waals surface area (Å²) in [4.78, 5) is 0. The summed E-state index contributed by atoms with van der Waals surface area (Å²) < 4.78 is 12.8. The van der Waals surface area contributed by atoms with E-state index in [1.54, 1.807) is 6.56 Å². The Morgan fingerprint density at radius 1 is 0.773 bits per heavy atom. The van der Waals surface area contributed by atoms with E-state index in [1.165, 1.54) is 70.1 Å². The van der Waals surface area contributed by atoms with E-state index in [1.807, 2.05) is 0 Å². The van der Waals surface area contributed by atoms with Crippen molar-refractivity contribution in [1.82, 2.24) is 0 Å². The van der Waals surface area contributed by atoms with Crippen molar-refractivity contribution in [2.24, 2.45) is 5.92 Å². The van der Waals surface area contributed by atoms with Crippen LogP contribution in [0.15, 0.2) is 78.9 Å². The average Bonchev–Trinajstić information content (AvgIpc) is 3.56. The van der Waals surface area contributed by atoms with E-state index in [0.29, 0.717) is 5.92 Å². The summed E-state index contributed by atoms with van der Waals surface area (Å²) in [5, 5.41) is 0. The van der Waals surface area contributed by atoms with E-state index in [9.17, 15) is 0 Å². The van der Waals surface area contributed by atoms with Gasteiger partial charge in [-0.05, 0) is 0 Å². The zero-order chi connectivity index (χ0) is 30.2. The number of rotatable bonds is 3. The van der Waals surface area contributed by atoms with Crippen LogP contribution in [0.4, 0.5) is 0 Å². The van der Waals surface area contributed by atoms with Crippen molar-refractivity contribution < 1.29 is 18.3 Å². The predicted molar refractivity (Wildman–Crippen MR) is 196 cm³/mol. The Morgan fingerprint density at radius 2 is 1.34 bits per heavy atom. The van der Waals surface area contributed by atoms with Crippen LogP contribution in [0.3, 0.4) is 0 Å². The monoisotopic (exact) mass is 700 g/mol. The Morgan fingerprint density at radius 3 is 1.91 bits per heavy atom. The van der Waals surface area contributed by atoms with Gasteiger partial charge in [0.2, 0.25) is 0 Å². The molecule has 4 aliphatic carbocycles. The topological polar surface area (TPSA) is 0 Å². The van der Waals surface area contributed by atoms with E-state index in [-0.39, 0.29) is 35.6 Å². The Balaban J connectivity index is 0.00000192. The standard InChI is InChI=1S/C25H25.C7H9.C7H7.CH3.CH2.2ClH.Zr/c1-14-12-24(3,4)22-8-16-7-17-9-23-19(15(2)13-25(23,5)6)11-21(17)20(16)10-18(14)22;1-6-3-4-7(2)5-6;1-7-5-3-2-4-6-7;;;;;/h8-12H,7H2,1-6H3;3,5,7H,1-2H3;3-6H,1H3;1H3;1H2;2*1H;. The Labute approximate surface area is 278 Å². The van der Waals surface area contributed by atoms with Crippen molar-refractivity contribution in [1.29, 1.82) is 0 Å². The van der Waals surface area contributed by atoms with Crippen LogP contribution in [0.25, 0.3) is 22.3 Å². The SMILES string of the molecule is Cl.Cl.[CH2]=[Zr]([CH3])([C]1=CC(C)=CC1C)([C]1=C(C)c2cc3c(cc2C1(C)C)Cc1cc2c(cc1-3)C(C)=CC2(C)C)[c]1ccc(C)cc1. The van der Waals surface area contributed by atoms with Gasteiger partial charge in [0, 0.05) is 0 Å². The van der Waals surface area contributed by atoms with Crippen LogP contribution in [0.5, 0.6) is 0 Å². The molecule has 7 rings (SSSR count). The molecule has 3 aromatic rings. The molecule has 0 spiro atoms. The number of allylic oxidation sites excluding steroid dienone is 8. The molecule has 0 bridgehead atoms. The van der Waals surface area contributed by atoms with Gasteiger partial charge in [0.25, 0.3) is 0 Å². The first-order chi connectivity index (χ1) is 19.5. The first-order valence-electron chi connectivity index (χ1n) is 15.8. The third kappa shape index (κ3) is 4.28. The van der Waals surface area contributed by atoms with Crippen LogP contribution in [0.1, 0.15) is 94.3 Å². The van der Waals surface area contributed by atoms with Crippen LogP contribution in [0.2, 0.25) is 4.63 Å². The average molecular weight is 703 g/mol. The second-order valence-electron chi connectivity index (χ2n) is 15.6. The molecular weight excluding hydrogens is 655 g/mol. The van der Waals surface area contributed by atoms with Gasteiger partial charge in [0.05, 0.1) is 0 Å². The molecule has 0 saturated heterocycles. The Bertz CT molecular complexity index is 1960. The van der Waals surface area contributed by atoms with Gasteiger partial charge in [-0.25, -0.2) is 0 Å². The molecule has 3 aromatic carbocycles. The predicted octanol–water partition coefficient (Wildman–Crippen LogP) is 11.1. The van der Waals surface area contributed by atoms with E-state index in [2.05, 4.69) is 134 Å². The summed E-state index contributed by atoms with van der Waals surface area (Å²) in [6.07, 6.45) is 8.44. The summed E-state index contributed by atoms with van der Waals surface area (Å²) in [5.74, 6) is 0.416. The molecule has 1 unspecified atom stereocenters. The van der Waals surface area contributed by atoms with E-state index >= 15 is 0 Å².